The molecule has 128 valence electrons. The van der Waals surface area contributed by atoms with E-state index in [1.165, 1.54) is 6.42 Å². The van der Waals surface area contributed by atoms with Gasteiger partial charge in [0, 0.05) is 38.2 Å². The standard InChI is InChI=1S/C17H23N5O2/c23-17-3-2-16(21-8-1-7-18-21)19-22(17)12-14-4-9-20(10-5-14)13-15-6-11-24-15/h1-3,7-8,14-15H,4-6,9-13H2. The summed E-state index contributed by atoms with van der Waals surface area (Å²) in [5.74, 6) is 1.18. The van der Waals surface area contributed by atoms with E-state index < -0.39 is 0 Å². The summed E-state index contributed by atoms with van der Waals surface area (Å²) in [5.41, 5.74) is -0.0452. The minimum atomic E-state index is -0.0452. The molecule has 4 heterocycles. The molecule has 0 spiro atoms. The molecule has 2 saturated heterocycles. The Kier molecular flexibility index (Phi) is 4.44. The fourth-order valence-corrected chi connectivity index (χ4v) is 3.41. The van der Waals surface area contributed by atoms with Gasteiger partial charge in [-0.3, -0.25) is 4.79 Å². The highest BCUT2D eigenvalue weighted by Crippen LogP contribution is 2.21. The zero-order valence-electron chi connectivity index (χ0n) is 13.8. The van der Waals surface area contributed by atoms with Gasteiger partial charge < -0.3 is 9.64 Å². The van der Waals surface area contributed by atoms with Crippen LogP contribution in [0.1, 0.15) is 19.3 Å². The van der Waals surface area contributed by atoms with Gasteiger partial charge in [0.15, 0.2) is 5.82 Å². The molecule has 0 radical (unpaired) electrons. The Morgan fingerprint density at radius 1 is 1.17 bits per heavy atom. The summed E-state index contributed by atoms with van der Waals surface area (Å²) in [7, 11) is 0. The van der Waals surface area contributed by atoms with Gasteiger partial charge in [0.1, 0.15) is 0 Å². The molecule has 2 aliphatic rings. The van der Waals surface area contributed by atoms with Crippen molar-refractivity contribution >= 4 is 0 Å². The molecule has 2 aromatic heterocycles. The lowest BCUT2D eigenvalue weighted by molar-refractivity contribution is -0.0702. The Labute approximate surface area is 140 Å². The second-order valence-corrected chi connectivity index (χ2v) is 6.69. The summed E-state index contributed by atoms with van der Waals surface area (Å²) in [6.07, 6.45) is 7.38. The van der Waals surface area contributed by atoms with Crippen LogP contribution in [0.4, 0.5) is 0 Å². The van der Waals surface area contributed by atoms with Crippen LogP contribution < -0.4 is 5.56 Å². The molecule has 1 atom stereocenters. The zero-order chi connectivity index (χ0) is 16.4. The van der Waals surface area contributed by atoms with Gasteiger partial charge >= 0.3 is 0 Å². The van der Waals surface area contributed by atoms with E-state index in [2.05, 4.69) is 15.1 Å². The first-order valence-corrected chi connectivity index (χ1v) is 8.70. The van der Waals surface area contributed by atoms with Crippen molar-refractivity contribution in [3.8, 4) is 5.82 Å². The largest absolute Gasteiger partial charge is 0.377 e. The molecule has 2 aliphatic heterocycles. The van der Waals surface area contributed by atoms with Crippen LogP contribution in [0.2, 0.25) is 0 Å². The first kappa shape index (κ1) is 15.5. The molecule has 0 amide bonds. The number of hydrogen-bond acceptors (Lipinski definition) is 5. The smallest absolute Gasteiger partial charge is 0.266 e. The second kappa shape index (κ2) is 6.86. The third-order valence-electron chi connectivity index (χ3n) is 4.99. The van der Waals surface area contributed by atoms with E-state index in [0.717, 1.165) is 39.1 Å². The molecule has 7 nitrogen and oxygen atoms in total. The lowest BCUT2D eigenvalue weighted by Gasteiger charge is -2.36. The number of rotatable bonds is 5. The van der Waals surface area contributed by atoms with Crippen LogP contribution in [0, 0.1) is 5.92 Å². The highest BCUT2D eigenvalue weighted by molar-refractivity contribution is 5.17. The predicted octanol–water partition coefficient (Wildman–Crippen LogP) is 0.930. The number of likely N-dealkylation sites (tertiary alicyclic amines) is 1. The lowest BCUT2D eigenvalue weighted by Crippen LogP contribution is -2.44. The molecular formula is C17H23N5O2. The lowest BCUT2D eigenvalue weighted by atomic mass is 9.96. The van der Waals surface area contributed by atoms with Gasteiger partial charge in [-0.2, -0.15) is 5.10 Å². The molecule has 0 aromatic carbocycles. The summed E-state index contributed by atoms with van der Waals surface area (Å²) >= 11 is 0. The van der Waals surface area contributed by atoms with E-state index in [9.17, 15) is 4.79 Å². The van der Waals surface area contributed by atoms with Gasteiger partial charge in [-0.05, 0) is 50.4 Å². The van der Waals surface area contributed by atoms with Crippen molar-refractivity contribution in [2.45, 2.75) is 31.9 Å². The van der Waals surface area contributed by atoms with E-state index in [-0.39, 0.29) is 5.56 Å². The Morgan fingerprint density at radius 2 is 2.00 bits per heavy atom. The summed E-state index contributed by atoms with van der Waals surface area (Å²) < 4.78 is 8.78. The molecule has 24 heavy (non-hydrogen) atoms. The van der Waals surface area contributed by atoms with Gasteiger partial charge in [-0.1, -0.05) is 0 Å². The van der Waals surface area contributed by atoms with Gasteiger partial charge in [0.25, 0.3) is 5.56 Å². The molecule has 0 bridgehead atoms. The predicted molar refractivity (Wildman–Crippen MR) is 89.1 cm³/mol. The average Bonchev–Trinajstić information content (AvgIpc) is 3.09. The summed E-state index contributed by atoms with van der Waals surface area (Å²) in [6, 6.07) is 5.14. The van der Waals surface area contributed by atoms with Crippen LogP contribution in [-0.4, -0.2) is 56.8 Å². The van der Waals surface area contributed by atoms with Crippen molar-refractivity contribution in [3.63, 3.8) is 0 Å². The fraction of sp³-hybridized carbons (Fsp3) is 0.588. The van der Waals surface area contributed by atoms with Crippen molar-refractivity contribution < 1.29 is 4.74 Å². The van der Waals surface area contributed by atoms with Crippen molar-refractivity contribution in [3.05, 3.63) is 40.9 Å². The normalized spacial score (nSPS) is 22.4. The maximum atomic E-state index is 12.1. The van der Waals surface area contributed by atoms with Crippen LogP contribution in [-0.2, 0) is 11.3 Å². The van der Waals surface area contributed by atoms with Crippen LogP contribution in [0.3, 0.4) is 0 Å². The molecule has 0 N–H and O–H groups in total. The van der Waals surface area contributed by atoms with Crippen LogP contribution >= 0.6 is 0 Å². The third kappa shape index (κ3) is 3.42. The third-order valence-corrected chi connectivity index (χ3v) is 4.99. The van der Waals surface area contributed by atoms with Crippen molar-refractivity contribution in [2.75, 3.05) is 26.2 Å². The van der Waals surface area contributed by atoms with E-state index in [1.807, 2.05) is 12.3 Å². The Bertz CT molecular complexity index is 715. The van der Waals surface area contributed by atoms with Gasteiger partial charge in [0.05, 0.1) is 6.10 Å². The number of ether oxygens (including phenoxy) is 1. The van der Waals surface area contributed by atoms with Gasteiger partial charge in [-0.25, -0.2) is 9.36 Å². The second-order valence-electron chi connectivity index (χ2n) is 6.69. The molecule has 0 aliphatic carbocycles. The molecular weight excluding hydrogens is 306 g/mol. The van der Waals surface area contributed by atoms with Crippen LogP contribution in [0.5, 0.6) is 0 Å². The maximum Gasteiger partial charge on any atom is 0.266 e. The van der Waals surface area contributed by atoms with Crippen LogP contribution in [0.15, 0.2) is 35.4 Å². The molecule has 0 saturated carbocycles. The maximum absolute atomic E-state index is 12.1. The molecule has 4 rings (SSSR count). The van der Waals surface area contributed by atoms with Crippen LogP contribution in [0.25, 0.3) is 5.82 Å². The Balaban J connectivity index is 1.37. The first-order chi connectivity index (χ1) is 11.8. The average molecular weight is 329 g/mol. The fourth-order valence-electron chi connectivity index (χ4n) is 3.41. The van der Waals surface area contributed by atoms with Gasteiger partial charge in [0.2, 0.25) is 0 Å². The quantitative estimate of drug-likeness (QED) is 0.816. The van der Waals surface area contributed by atoms with Crippen molar-refractivity contribution in [2.24, 2.45) is 5.92 Å². The minimum absolute atomic E-state index is 0.0452. The molecule has 1 unspecified atom stereocenters. The molecule has 2 aromatic rings. The molecule has 7 heteroatoms. The van der Waals surface area contributed by atoms with E-state index >= 15 is 0 Å². The monoisotopic (exact) mass is 329 g/mol. The number of nitrogens with zero attached hydrogens (tertiary/aromatic N) is 5. The van der Waals surface area contributed by atoms with Crippen molar-refractivity contribution in [1.82, 2.24) is 24.5 Å². The topological polar surface area (TPSA) is 65.2 Å². The Hall–Kier alpha value is -1.99. The van der Waals surface area contributed by atoms with E-state index in [1.54, 1.807) is 27.7 Å². The van der Waals surface area contributed by atoms with E-state index in [4.69, 9.17) is 4.74 Å². The summed E-state index contributed by atoms with van der Waals surface area (Å²) in [4.78, 5) is 14.6. The zero-order valence-corrected chi connectivity index (χ0v) is 13.8. The number of aromatic nitrogens is 4. The number of piperidine rings is 1. The number of hydrogen-bond donors (Lipinski definition) is 0. The SMILES string of the molecule is O=c1ccc(-n2cccn2)nn1CC1CCN(CC2CCO2)CC1. The minimum Gasteiger partial charge on any atom is -0.377 e. The van der Waals surface area contributed by atoms with Crippen molar-refractivity contribution in [1.29, 1.82) is 0 Å². The van der Waals surface area contributed by atoms with Gasteiger partial charge in [-0.15, -0.1) is 5.10 Å². The highest BCUT2D eigenvalue weighted by atomic mass is 16.5. The first-order valence-electron chi connectivity index (χ1n) is 8.70. The summed E-state index contributed by atoms with van der Waals surface area (Å²) in [6.45, 7) is 4.82. The van der Waals surface area contributed by atoms with E-state index in [0.29, 0.717) is 24.4 Å². The highest BCUT2D eigenvalue weighted by Gasteiger charge is 2.25. The Morgan fingerprint density at radius 3 is 2.67 bits per heavy atom. The molecule has 2 fully saturated rings. The summed E-state index contributed by atoms with van der Waals surface area (Å²) in [5, 5.41) is 8.65.